The highest BCUT2D eigenvalue weighted by atomic mass is 16.6. The van der Waals surface area contributed by atoms with E-state index in [1.807, 2.05) is 0 Å². The first-order valence-corrected chi connectivity index (χ1v) is 30.6. The van der Waals surface area contributed by atoms with E-state index in [0.29, 0.717) is 12.8 Å². The number of aliphatic hydroxyl groups excluding tert-OH is 1. The number of unbranched alkanes of at least 4 members (excludes halogenated alkanes) is 50. The second-order valence-corrected chi connectivity index (χ2v) is 21.2. The lowest BCUT2D eigenvalue weighted by atomic mass is 10.0. The fourth-order valence-corrected chi connectivity index (χ4v) is 9.80. The van der Waals surface area contributed by atoms with E-state index in [0.717, 1.165) is 32.1 Å². The molecule has 0 radical (unpaired) electrons. The highest BCUT2D eigenvalue weighted by molar-refractivity contribution is 5.70. The second-order valence-electron chi connectivity index (χ2n) is 21.2. The van der Waals surface area contributed by atoms with Crippen LogP contribution in [0.4, 0.5) is 0 Å². The lowest BCUT2D eigenvalue weighted by molar-refractivity contribution is -0.161. The molecule has 0 aliphatic rings. The summed E-state index contributed by atoms with van der Waals surface area (Å²) in [5.41, 5.74) is 0. The molecule has 0 aliphatic carbocycles. The zero-order chi connectivity index (χ0) is 47.7. The number of aliphatic hydroxyl groups is 1. The largest absolute Gasteiger partial charge is 0.462 e. The van der Waals surface area contributed by atoms with Gasteiger partial charge in [0.1, 0.15) is 6.61 Å². The van der Waals surface area contributed by atoms with Crippen LogP contribution in [0, 0.1) is 0 Å². The molecule has 0 amide bonds. The van der Waals surface area contributed by atoms with Crippen molar-refractivity contribution in [2.75, 3.05) is 13.2 Å². The van der Waals surface area contributed by atoms with Gasteiger partial charge in [-0.2, -0.15) is 0 Å². The lowest BCUT2D eigenvalue weighted by Gasteiger charge is -2.15. The summed E-state index contributed by atoms with van der Waals surface area (Å²) in [6.07, 6.45) is 71.1. The summed E-state index contributed by atoms with van der Waals surface area (Å²) in [4.78, 5) is 24.5. The Bertz CT molecular complexity index is 921. The number of ether oxygens (including phenoxy) is 2. The molecule has 0 aliphatic heterocycles. The predicted octanol–water partition coefficient (Wildman–Crippen LogP) is 20.5. The first kappa shape index (κ1) is 64.9. The van der Waals surface area contributed by atoms with E-state index in [1.165, 1.54) is 302 Å². The maximum Gasteiger partial charge on any atom is 0.306 e. The van der Waals surface area contributed by atoms with Gasteiger partial charge in [-0.1, -0.05) is 335 Å². The van der Waals surface area contributed by atoms with Gasteiger partial charge in [-0.25, -0.2) is 0 Å². The van der Waals surface area contributed by atoms with Crippen molar-refractivity contribution in [3.05, 3.63) is 0 Å². The van der Waals surface area contributed by atoms with Gasteiger partial charge < -0.3 is 14.6 Å². The number of hydrogen-bond acceptors (Lipinski definition) is 5. The SMILES string of the molecule is CCCCCCCCCCCCCCCCCCCCCCCCCCCCCCCCCCCC(=O)OC(CO)COC(=O)CCCCCCCCCCCCCCCCCCCCC. The van der Waals surface area contributed by atoms with Gasteiger partial charge in [0.2, 0.25) is 0 Å². The first-order chi connectivity index (χ1) is 32.6. The topological polar surface area (TPSA) is 72.8 Å². The van der Waals surface area contributed by atoms with E-state index in [1.54, 1.807) is 0 Å². The van der Waals surface area contributed by atoms with Crippen molar-refractivity contribution in [3.8, 4) is 0 Å². The van der Waals surface area contributed by atoms with Crippen LogP contribution < -0.4 is 0 Å². The Morgan fingerprint density at radius 3 is 0.667 bits per heavy atom. The smallest absolute Gasteiger partial charge is 0.306 e. The maximum atomic E-state index is 12.3. The van der Waals surface area contributed by atoms with Crippen molar-refractivity contribution >= 4 is 11.9 Å². The van der Waals surface area contributed by atoms with Crippen molar-refractivity contribution in [2.45, 2.75) is 367 Å². The summed E-state index contributed by atoms with van der Waals surface area (Å²) in [5, 5.41) is 9.66. The van der Waals surface area contributed by atoms with Crippen molar-refractivity contribution in [3.63, 3.8) is 0 Å². The zero-order valence-electron chi connectivity index (χ0n) is 45.3. The number of carbonyl (C=O) groups is 2. The van der Waals surface area contributed by atoms with Gasteiger partial charge in [0.15, 0.2) is 6.10 Å². The first-order valence-electron chi connectivity index (χ1n) is 30.6. The fraction of sp³-hybridized carbons (Fsp3) is 0.967. The molecule has 66 heavy (non-hydrogen) atoms. The molecule has 0 fully saturated rings. The van der Waals surface area contributed by atoms with Crippen molar-refractivity contribution in [2.24, 2.45) is 0 Å². The second kappa shape index (κ2) is 58.2. The summed E-state index contributed by atoms with van der Waals surface area (Å²) >= 11 is 0. The minimum Gasteiger partial charge on any atom is -0.462 e. The third-order valence-corrected chi connectivity index (χ3v) is 14.4. The molecule has 5 nitrogen and oxygen atoms in total. The third kappa shape index (κ3) is 55.5. The monoisotopic (exact) mass is 933 g/mol. The molecule has 1 N–H and O–H groups in total. The van der Waals surface area contributed by atoms with Gasteiger partial charge in [-0.15, -0.1) is 0 Å². The molecule has 0 aromatic heterocycles. The van der Waals surface area contributed by atoms with E-state index < -0.39 is 6.10 Å². The zero-order valence-corrected chi connectivity index (χ0v) is 45.3. The van der Waals surface area contributed by atoms with Crippen LogP contribution in [0.1, 0.15) is 361 Å². The van der Waals surface area contributed by atoms with E-state index >= 15 is 0 Å². The Morgan fingerprint density at radius 1 is 0.288 bits per heavy atom. The molecule has 0 saturated carbocycles. The van der Waals surface area contributed by atoms with Crippen LogP contribution >= 0.6 is 0 Å². The summed E-state index contributed by atoms with van der Waals surface area (Å²) < 4.78 is 10.7. The lowest BCUT2D eigenvalue weighted by Crippen LogP contribution is -2.28. The Balaban J connectivity index is 3.36. The highest BCUT2D eigenvalue weighted by Gasteiger charge is 2.16. The van der Waals surface area contributed by atoms with E-state index in [9.17, 15) is 14.7 Å². The van der Waals surface area contributed by atoms with Gasteiger partial charge in [0, 0.05) is 12.8 Å². The molecule has 0 aromatic carbocycles. The van der Waals surface area contributed by atoms with Crippen LogP contribution in [0.25, 0.3) is 0 Å². The number of rotatable bonds is 58. The van der Waals surface area contributed by atoms with Crippen molar-refractivity contribution in [1.82, 2.24) is 0 Å². The fourth-order valence-electron chi connectivity index (χ4n) is 9.80. The maximum absolute atomic E-state index is 12.3. The Morgan fingerprint density at radius 2 is 0.470 bits per heavy atom. The number of hydrogen-bond donors (Lipinski definition) is 1. The molecule has 0 spiro atoms. The van der Waals surface area contributed by atoms with Gasteiger partial charge in [-0.05, 0) is 12.8 Å². The minimum atomic E-state index is -0.764. The van der Waals surface area contributed by atoms with E-state index in [4.69, 9.17) is 9.47 Å². The van der Waals surface area contributed by atoms with Gasteiger partial charge in [0.05, 0.1) is 6.61 Å². The van der Waals surface area contributed by atoms with E-state index in [-0.39, 0.29) is 25.2 Å². The van der Waals surface area contributed by atoms with Crippen molar-refractivity contribution in [1.29, 1.82) is 0 Å². The van der Waals surface area contributed by atoms with Crippen molar-refractivity contribution < 1.29 is 24.2 Å². The average Bonchev–Trinajstić information content (AvgIpc) is 3.32. The molecule has 1 atom stereocenters. The van der Waals surface area contributed by atoms with Crippen LogP contribution in [0.5, 0.6) is 0 Å². The standard InChI is InChI=1S/C61H120O5/c1-3-5-7-9-11-13-15-17-19-21-23-24-25-26-27-28-29-30-31-32-33-34-35-36-38-40-42-44-46-48-50-52-54-56-61(64)66-59(57-62)58-65-60(63)55-53-51-49-47-45-43-41-39-37-22-20-18-16-14-12-10-8-6-4-2/h59,62H,3-58H2,1-2H3. The summed E-state index contributed by atoms with van der Waals surface area (Å²) in [5.74, 6) is -0.562. The van der Waals surface area contributed by atoms with Crippen LogP contribution in [0.15, 0.2) is 0 Å². The van der Waals surface area contributed by atoms with Crippen LogP contribution in [-0.2, 0) is 19.1 Å². The molecule has 0 bridgehead atoms. The Hall–Kier alpha value is -1.10. The highest BCUT2D eigenvalue weighted by Crippen LogP contribution is 2.19. The molecular weight excluding hydrogens is 813 g/mol. The molecular formula is C61H120O5. The average molecular weight is 934 g/mol. The molecule has 0 heterocycles. The van der Waals surface area contributed by atoms with Crippen LogP contribution in [0.3, 0.4) is 0 Å². The van der Waals surface area contributed by atoms with Gasteiger partial charge in [0.25, 0.3) is 0 Å². The summed E-state index contributed by atoms with van der Waals surface area (Å²) in [6.45, 7) is 4.21. The minimum absolute atomic E-state index is 0.0557. The summed E-state index contributed by atoms with van der Waals surface area (Å²) in [6, 6.07) is 0. The summed E-state index contributed by atoms with van der Waals surface area (Å²) in [7, 11) is 0. The molecule has 0 rings (SSSR count). The van der Waals surface area contributed by atoms with Gasteiger partial charge >= 0.3 is 11.9 Å². The number of carbonyl (C=O) groups excluding carboxylic acids is 2. The van der Waals surface area contributed by atoms with Crippen LogP contribution in [0.2, 0.25) is 0 Å². The molecule has 394 valence electrons. The quantitative estimate of drug-likeness (QED) is 0.0486. The Labute approximate surface area is 414 Å². The predicted molar refractivity (Wildman–Crippen MR) is 289 cm³/mol. The number of esters is 2. The Kier molecular flexibility index (Phi) is 57.2. The van der Waals surface area contributed by atoms with Gasteiger partial charge in [-0.3, -0.25) is 9.59 Å². The third-order valence-electron chi connectivity index (χ3n) is 14.4. The van der Waals surface area contributed by atoms with E-state index in [2.05, 4.69) is 13.8 Å². The molecule has 0 saturated heterocycles. The van der Waals surface area contributed by atoms with Crippen LogP contribution in [-0.4, -0.2) is 36.4 Å². The molecule has 1 unspecified atom stereocenters. The molecule has 0 aromatic rings. The molecule has 5 heteroatoms. The normalized spacial score (nSPS) is 12.0.